The Morgan fingerprint density at radius 2 is 1.97 bits per heavy atom. The second-order valence-corrected chi connectivity index (χ2v) is 7.49. The second kappa shape index (κ2) is 8.88. The van der Waals surface area contributed by atoms with E-state index in [2.05, 4.69) is 10.3 Å². The summed E-state index contributed by atoms with van der Waals surface area (Å²) in [6, 6.07) is 1.27. The lowest BCUT2D eigenvalue weighted by molar-refractivity contribution is -0.138. The van der Waals surface area contributed by atoms with Crippen molar-refractivity contribution in [1.82, 2.24) is 15.2 Å². The fourth-order valence-corrected chi connectivity index (χ4v) is 3.85. The van der Waals surface area contributed by atoms with E-state index in [-0.39, 0.29) is 36.4 Å². The average Bonchev–Trinajstić information content (AvgIpc) is 2.95. The maximum Gasteiger partial charge on any atom is 0.389 e. The van der Waals surface area contributed by atoms with Crippen molar-refractivity contribution in [2.75, 3.05) is 0 Å². The van der Waals surface area contributed by atoms with Crippen molar-refractivity contribution in [1.29, 1.82) is 0 Å². The molecule has 4 amide bonds. The molecule has 164 valence electrons. The normalized spacial score (nSPS) is 24.6. The second-order valence-electron chi connectivity index (χ2n) is 7.49. The molecule has 1 atom stereocenters. The molecule has 2 fully saturated rings. The van der Waals surface area contributed by atoms with Crippen LogP contribution in [0.15, 0.2) is 18.3 Å². The van der Waals surface area contributed by atoms with Crippen LogP contribution >= 0.6 is 0 Å². The van der Waals surface area contributed by atoms with Crippen LogP contribution in [-0.2, 0) is 4.79 Å². The van der Waals surface area contributed by atoms with Gasteiger partial charge in [-0.25, -0.2) is 9.78 Å². The lowest BCUT2D eigenvalue weighted by atomic mass is 9.91. The summed E-state index contributed by atoms with van der Waals surface area (Å²) in [5.74, 6) is -0.983. The number of hydrogen-bond acceptors (Lipinski definition) is 5. The van der Waals surface area contributed by atoms with E-state index in [1.165, 1.54) is 12.3 Å². The third kappa shape index (κ3) is 5.19. The number of urea groups is 1. The SMILES string of the molecule is NC(=O)c1cccnc1O[C@H]1CC[C@H](N2C(=O)NC(CCCC(F)(F)F)C2=O)CC1. The quantitative estimate of drug-likeness (QED) is 0.648. The minimum Gasteiger partial charge on any atom is -0.474 e. The van der Waals surface area contributed by atoms with Crippen LogP contribution in [0.2, 0.25) is 0 Å². The maximum absolute atomic E-state index is 12.5. The van der Waals surface area contributed by atoms with Crippen LogP contribution in [0.25, 0.3) is 0 Å². The molecule has 3 N–H and O–H groups in total. The van der Waals surface area contributed by atoms with Gasteiger partial charge < -0.3 is 15.8 Å². The molecule has 1 aliphatic carbocycles. The number of nitrogens with two attached hydrogens (primary N) is 1. The Morgan fingerprint density at radius 1 is 1.27 bits per heavy atom. The molecule has 1 unspecified atom stereocenters. The molecule has 0 spiro atoms. The predicted octanol–water partition coefficient (Wildman–Crippen LogP) is 2.52. The Hall–Kier alpha value is -2.85. The monoisotopic (exact) mass is 428 g/mol. The number of halogens is 3. The topological polar surface area (TPSA) is 115 Å². The largest absolute Gasteiger partial charge is 0.474 e. The summed E-state index contributed by atoms with van der Waals surface area (Å²) in [5.41, 5.74) is 5.49. The first kappa shape index (κ1) is 21.8. The van der Waals surface area contributed by atoms with Gasteiger partial charge in [0.25, 0.3) is 11.8 Å². The summed E-state index contributed by atoms with van der Waals surface area (Å²) in [6.07, 6.45) is -2.30. The summed E-state index contributed by atoms with van der Waals surface area (Å²) in [4.78, 5) is 41.4. The highest BCUT2D eigenvalue weighted by atomic mass is 19.4. The van der Waals surface area contributed by atoms with Crippen molar-refractivity contribution >= 4 is 17.8 Å². The van der Waals surface area contributed by atoms with E-state index in [0.29, 0.717) is 25.7 Å². The van der Waals surface area contributed by atoms with Crippen LogP contribution < -0.4 is 15.8 Å². The zero-order valence-electron chi connectivity index (χ0n) is 16.2. The van der Waals surface area contributed by atoms with Crippen LogP contribution in [0.4, 0.5) is 18.0 Å². The number of nitrogens with one attached hydrogen (secondary N) is 1. The van der Waals surface area contributed by atoms with Gasteiger partial charge in [-0.15, -0.1) is 0 Å². The van der Waals surface area contributed by atoms with Crippen LogP contribution in [0.1, 0.15) is 55.3 Å². The smallest absolute Gasteiger partial charge is 0.389 e. The Kier molecular flexibility index (Phi) is 6.47. The number of pyridine rings is 1. The van der Waals surface area contributed by atoms with Gasteiger partial charge in [0.15, 0.2) is 0 Å². The fraction of sp³-hybridized carbons (Fsp3) is 0.579. The Bertz CT molecular complexity index is 809. The first-order chi connectivity index (χ1) is 14.2. The molecule has 8 nitrogen and oxygen atoms in total. The molecule has 1 saturated carbocycles. The van der Waals surface area contributed by atoms with Crippen molar-refractivity contribution in [2.24, 2.45) is 5.73 Å². The number of imide groups is 1. The van der Waals surface area contributed by atoms with Gasteiger partial charge in [0, 0.05) is 18.7 Å². The van der Waals surface area contributed by atoms with E-state index in [0.717, 1.165) is 4.90 Å². The number of aromatic nitrogens is 1. The van der Waals surface area contributed by atoms with Gasteiger partial charge in [-0.1, -0.05) is 0 Å². The summed E-state index contributed by atoms with van der Waals surface area (Å²) in [6.45, 7) is 0. The lowest BCUT2D eigenvalue weighted by Gasteiger charge is -2.33. The minimum atomic E-state index is -4.29. The maximum atomic E-state index is 12.5. The Morgan fingerprint density at radius 3 is 2.60 bits per heavy atom. The van der Waals surface area contributed by atoms with Gasteiger partial charge in [0.2, 0.25) is 5.88 Å². The van der Waals surface area contributed by atoms with Gasteiger partial charge in [-0.2, -0.15) is 13.2 Å². The number of rotatable bonds is 7. The van der Waals surface area contributed by atoms with Crippen molar-refractivity contribution in [3.63, 3.8) is 0 Å². The zero-order chi connectivity index (χ0) is 21.9. The number of carbonyl (C=O) groups is 3. The Labute approximate surface area is 170 Å². The number of carbonyl (C=O) groups excluding carboxylic acids is 3. The van der Waals surface area contributed by atoms with Crippen LogP contribution in [-0.4, -0.2) is 52.1 Å². The first-order valence-corrected chi connectivity index (χ1v) is 9.77. The fourth-order valence-electron chi connectivity index (χ4n) is 3.85. The van der Waals surface area contributed by atoms with E-state index < -0.39 is 36.5 Å². The molecule has 2 aliphatic rings. The molecule has 1 saturated heterocycles. The highest BCUT2D eigenvalue weighted by Gasteiger charge is 2.43. The Balaban J connectivity index is 1.53. The van der Waals surface area contributed by atoms with Gasteiger partial charge in [-0.05, 0) is 50.7 Å². The third-order valence-corrected chi connectivity index (χ3v) is 5.33. The van der Waals surface area contributed by atoms with Gasteiger partial charge >= 0.3 is 12.2 Å². The number of amides is 4. The third-order valence-electron chi connectivity index (χ3n) is 5.33. The van der Waals surface area contributed by atoms with Crippen molar-refractivity contribution < 1.29 is 32.3 Å². The molecule has 1 aromatic rings. The van der Waals surface area contributed by atoms with Crippen LogP contribution in [0.5, 0.6) is 5.88 Å². The molecule has 0 radical (unpaired) electrons. The predicted molar refractivity (Wildman–Crippen MR) is 98.5 cm³/mol. The van der Waals surface area contributed by atoms with Crippen molar-refractivity contribution in [2.45, 2.75) is 69.3 Å². The number of nitrogens with zero attached hydrogens (tertiary/aromatic N) is 2. The number of hydrogen-bond donors (Lipinski definition) is 2. The van der Waals surface area contributed by atoms with E-state index in [1.807, 2.05) is 0 Å². The highest BCUT2D eigenvalue weighted by molar-refractivity contribution is 6.04. The molecule has 1 aromatic heterocycles. The molecular weight excluding hydrogens is 405 g/mol. The summed E-state index contributed by atoms with van der Waals surface area (Å²) in [5, 5.41) is 2.49. The standard InChI is InChI=1S/C19H23F3N4O4/c20-19(21,22)9-1-4-14-17(28)26(18(29)25-14)11-5-7-12(8-6-11)30-16-13(15(23)27)3-2-10-24-16/h2-3,10-12,14H,1,4-9H2,(H2,23,27)(H,25,29)/t11-,12-,14?. The molecule has 3 rings (SSSR count). The van der Waals surface area contributed by atoms with Crippen molar-refractivity contribution in [3.8, 4) is 5.88 Å². The van der Waals surface area contributed by atoms with Crippen LogP contribution in [0.3, 0.4) is 0 Å². The minimum absolute atomic E-state index is 0.0470. The average molecular weight is 428 g/mol. The molecular formula is C19H23F3N4O4. The van der Waals surface area contributed by atoms with Gasteiger partial charge in [-0.3, -0.25) is 14.5 Å². The lowest BCUT2D eigenvalue weighted by Crippen LogP contribution is -2.44. The summed E-state index contributed by atoms with van der Waals surface area (Å²) < 4.78 is 42.7. The molecule has 0 bridgehead atoms. The number of alkyl halides is 3. The van der Waals surface area contributed by atoms with Gasteiger partial charge in [0.1, 0.15) is 17.7 Å². The first-order valence-electron chi connectivity index (χ1n) is 9.77. The van der Waals surface area contributed by atoms with E-state index >= 15 is 0 Å². The molecule has 1 aliphatic heterocycles. The highest BCUT2D eigenvalue weighted by Crippen LogP contribution is 2.30. The van der Waals surface area contributed by atoms with E-state index in [9.17, 15) is 27.6 Å². The molecule has 0 aromatic carbocycles. The number of primary amides is 1. The molecule has 2 heterocycles. The van der Waals surface area contributed by atoms with E-state index in [1.54, 1.807) is 6.07 Å². The summed E-state index contributed by atoms with van der Waals surface area (Å²) in [7, 11) is 0. The van der Waals surface area contributed by atoms with Crippen LogP contribution in [0, 0.1) is 0 Å². The molecule has 30 heavy (non-hydrogen) atoms. The van der Waals surface area contributed by atoms with Gasteiger partial charge in [0.05, 0.1) is 0 Å². The summed E-state index contributed by atoms with van der Waals surface area (Å²) >= 11 is 0. The zero-order valence-corrected chi connectivity index (χ0v) is 16.2. The van der Waals surface area contributed by atoms with Crippen molar-refractivity contribution in [3.05, 3.63) is 23.9 Å². The molecule has 11 heteroatoms. The van der Waals surface area contributed by atoms with E-state index in [4.69, 9.17) is 10.5 Å². The number of ether oxygens (including phenoxy) is 1.